The first-order valence-corrected chi connectivity index (χ1v) is 7.26. The number of carbonyl (C=O) groups is 1. The average Bonchev–Trinajstić information content (AvgIpc) is 2.85. The van der Waals surface area contributed by atoms with Crippen molar-refractivity contribution in [1.29, 1.82) is 0 Å². The molecule has 106 valence electrons. The summed E-state index contributed by atoms with van der Waals surface area (Å²) in [5.41, 5.74) is 7.46. The molecule has 3 rings (SSSR count). The third kappa shape index (κ3) is 2.57. The normalized spacial score (nSPS) is 10.7. The first kappa shape index (κ1) is 13.5. The van der Waals surface area contributed by atoms with Gasteiger partial charge in [-0.15, -0.1) is 11.3 Å². The number of nitrogens with zero attached hydrogens (tertiary/aromatic N) is 3. The molecular formula is C15H14N4OS. The van der Waals surface area contributed by atoms with Crippen molar-refractivity contribution < 1.29 is 4.79 Å². The predicted octanol–water partition coefficient (Wildman–Crippen LogP) is 2.55. The molecule has 0 aliphatic carbocycles. The summed E-state index contributed by atoms with van der Waals surface area (Å²) in [7, 11) is 1.75. The van der Waals surface area contributed by atoms with E-state index in [1.54, 1.807) is 30.5 Å². The Morgan fingerprint density at radius 2 is 2.19 bits per heavy atom. The molecule has 3 heterocycles. The molecule has 2 N–H and O–H groups in total. The molecule has 0 unspecified atom stereocenters. The van der Waals surface area contributed by atoms with Crippen LogP contribution < -0.4 is 5.73 Å². The van der Waals surface area contributed by atoms with E-state index in [1.807, 2.05) is 24.3 Å². The van der Waals surface area contributed by atoms with Crippen molar-refractivity contribution in [3.05, 3.63) is 53.4 Å². The maximum absolute atomic E-state index is 12.5. The quantitative estimate of drug-likeness (QED) is 0.806. The summed E-state index contributed by atoms with van der Waals surface area (Å²) in [5, 5.41) is 0.879. The Kier molecular flexibility index (Phi) is 3.53. The minimum atomic E-state index is -0.0978. The minimum Gasteiger partial charge on any atom is -0.397 e. The highest BCUT2D eigenvalue weighted by atomic mass is 32.1. The van der Waals surface area contributed by atoms with Gasteiger partial charge in [0.15, 0.2) is 0 Å². The fourth-order valence-electron chi connectivity index (χ4n) is 2.11. The lowest BCUT2D eigenvalue weighted by molar-refractivity contribution is 0.0789. The standard InChI is InChI=1S/C15H14N4OS/c1-19(9-10-4-2-3-6-18-10)15(20)14-13(16)11-5-7-17-8-12(11)21-14/h2-8H,9,16H2,1H3. The topological polar surface area (TPSA) is 72.1 Å². The molecule has 0 saturated carbocycles. The molecule has 0 radical (unpaired) electrons. The summed E-state index contributed by atoms with van der Waals surface area (Å²) in [5.74, 6) is -0.0978. The van der Waals surface area contributed by atoms with Crippen molar-refractivity contribution in [2.45, 2.75) is 6.54 Å². The maximum atomic E-state index is 12.5. The van der Waals surface area contributed by atoms with Gasteiger partial charge >= 0.3 is 0 Å². The predicted molar refractivity (Wildman–Crippen MR) is 84.1 cm³/mol. The van der Waals surface area contributed by atoms with Gasteiger partial charge in [-0.1, -0.05) is 6.07 Å². The number of amides is 1. The lowest BCUT2D eigenvalue weighted by Gasteiger charge is -2.16. The molecule has 3 aromatic rings. The van der Waals surface area contributed by atoms with Gasteiger partial charge in [0.1, 0.15) is 4.88 Å². The van der Waals surface area contributed by atoms with E-state index >= 15 is 0 Å². The van der Waals surface area contributed by atoms with E-state index in [0.29, 0.717) is 17.1 Å². The molecule has 3 aromatic heterocycles. The minimum absolute atomic E-state index is 0.0978. The van der Waals surface area contributed by atoms with Crippen LogP contribution in [-0.4, -0.2) is 27.8 Å². The third-order valence-corrected chi connectivity index (χ3v) is 4.34. The average molecular weight is 298 g/mol. The Balaban J connectivity index is 1.88. The lowest BCUT2D eigenvalue weighted by Crippen LogP contribution is -2.26. The van der Waals surface area contributed by atoms with Crippen LogP contribution >= 0.6 is 11.3 Å². The second-order valence-corrected chi connectivity index (χ2v) is 5.75. The number of fused-ring (bicyclic) bond motifs is 1. The highest BCUT2D eigenvalue weighted by Gasteiger charge is 2.20. The molecule has 0 aromatic carbocycles. The van der Waals surface area contributed by atoms with Gasteiger partial charge in [0.2, 0.25) is 0 Å². The van der Waals surface area contributed by atoms with Crippen LogP contribution in [0.25, 0.3) is 10.1 Å². The molecule has 0 aliphatic heterocycles. The van der Waals surface area contributed by atoms with Crippen LogP contribution in [0.4, 0.5) is 5.69 Å². The molecule has 0 atom stereocenters. The Hall–Kier alpha value is -2.47. The van der Waals surface area contributed by atoms with Crippen LogP contribution in [0.3, 0.4) is 0 Å². The summed E-state index contributed by atoms with van der Waals surface area (Å²) in [6.07, 6.45) is 5.12. The first-order valence-electron chi connectivity index (χ1n) is 6.44. The van der Waals surface area contributed by atoms with Crippen molar-refractivity contribution in [3.8, 4) is 0 Å². The summed E-state index contributed by atoms with van der Waals surface area (Å²) in [4.78, 5) is 23.0. The van der Waals surface area contributed by atoms with Crippen LogP contribution in [-0.2, 0) is 6.54 Å². The molecule has 0 saturated heterocycles. The summed E-state index contributed by atoms with van der Waals surface area (Å²) in [6.45, 7) is 0.450. The van der Waals surface area contributed by atoms with Gasteiger partial charge in [-0.25, -0.2) is 0 Å². The number of nitrogen functional groups attached to an aromatic ring is 1. The zero-order valence-electron chi connectivity index (χ0n) is 11.5. The highest BCUT2D eigenvalue weighted by Crippen LogP contribution is 2.33. The van der Waals surface area contributed by atoms with Gasteiger partial charge in [-0.3, -0.25) is 14.8 Å². The SMILES string of the molecule is CN(Cc1ccccn1)C(=O)c1sc2cnccc2c1N. The highest BCUT2D eigenvalue weighted by molar-refractivity contribution is 7.21. The van der Waals surface area contributed by atoms with Gasteiger partial charge < -0.3 is 10.6 Å². The number of hydrogen-bond acceptors (Lipinski definition) is 5. The van der Waals surface area contributed by atoms with E-state index < -0.39 is 0 Å². The van der Waals surface area contributed by atoms with Gasteiger partial charge in [-0.05, 0) is 18.2 Å². The Bertz CT molecular complexity index is 785. The van der Waals surface area contributed by atoms with E-state index in [1.165, 1.54) is 11.3 Å². The van der Waals surface area contributed by atoms with Crippen molar-refractivity contribution >= 4 is 33.0 Å². The number of anilines is 1. The molecule has 5 nitrogen and oxygen atoms in total. The number of nitrogens with two attached hydrogens (primary N) is 1. The van der Waals surface area contributed by atoms with Crippen LogP contribution in [0.15, 0.2) is 42.9 Å². The van der Waals surface area contributed by atoms with Crippen molar-refractivity contribution in [2.24, 2.45) is 0 Å². The zero-order chi connectivity index (χ0) is 14.8. The maximum Gasteiger partial charge on any atom is 0.266 e. The molecule has 0 bridgehead atoms. The van der Waals surface area contributed by atoms with E-state index in [0.717, 1.165) is 15.8 Å². The van der Waals surface area contributed by atoms with Gasteiger partial charge in [0.05, 0.1) is 22.6 Å². The number of carbonyl (C=O) groups excluding carboxylic acids is 1. The number of hydrogen-bond donors (Lipinski definition) is 1. The second kappa shape index (κ2) is 5.49. The van der Waals surface area contributed by atoms with Crippen molar-refractivity contribution in [3.63, 3.8) is 0 Å². The molecule has 1 amide bonds. The van der Waals surface area contributed by atoms with E-state index in [2.05, 4.69) is 9.97 Å². The van der Waals surface area contributed by atoms with Crippen LogP contribution in [0.1, 0.15) is 15.4 Å². The third-order valence-electron chi connectivity index (χ3n) is 3.20. The fraction of sp³-hybridized carbons (Fsp3) is 0.133. The molecule has 0 fully saturated rings. The van der Waals surface area contributed by atoms with Gasteiger partial charge in [0, 0.05) is 31.0 Å². The molecule has 21 heavy (non-hydrogen) atoms. The smallest absolute Gasteiger partial charge is 0.266 e. The van der Waals surface area contributed by atoms with Gasteiger partial charge in [-0.2, -0.15) is 0 Å². The Labute approximate surface area is 126 Å². The zero-order valence-corrected chi connectivity index (χ0v) is 12.3. The Morgan fingerprint density at radius 1 is 1.33 bits per heavy atom. The molecule has 0 spiro atoms. The van der Waals surface area contributed by atoms with Gasteiger partial charge in [0.25, 0.3) is 5.91 Å². The number of thiophene rings is 1. The number of aromatic nitrogens is 2. The van der Waals surface area contributed by atoms with Crippen LogP contribution in [0.2, 0.25) is 0 Å². The number of pyridine rings is 2. The summed E-state index contributed by atoms with van der Waals surface area (Å²) in [6, 6.07) is 7.47. The molecule has 0 aliphatic rings. The summed E-state index contributed by atoms with van der Waals surface area (Å²) < 4.78 is 0.921. The van der Waals surface area contributed by atoms with Crippen molar-refractivity contribution in [1.82, 2.24) is 14.9 Å². The van der Waals surface area contributed by atoms with E-state index in [-0.39, 0.29) is 5.91 Å². The molecule has 6 heteroatoms. The molecular weight excluding hydrogens is 284 g/mol. The monoisotopic (exact) mass is 298 g/mol. The lowest BCUT2D eigenvalue weighted by atomic mass is 10.2. The van der Waals surface area contributed by atoms with E-state index in [4.69, 9.17) is 5.73 Å². The first-order chi connectivity index (χ1) is 10.2. The number of rotatable bonds is 3. The van der Waals surface area contributed by atoms with E-state index in [9.17, 15) is 4.79 Å². The summed E-state index contributed by atoms with van der Waals surface area (Å²) >= 11 is 1.37. The fourth-order valence-corrected chi connectivity index (χ4v) is 3.19. The Morgan fingerprint density at radius 3 is 2.90 bits per heavy atom. The second-order valence-electron chi connectivity index (χ2n) is 4.70. The van der Waals surface area contributed by atoms with Crippen LogP contribution in [0, 0.1) is 0 Å². The van der Waals surface area contributed by atoms with Crippen molar-refractivity contribution in [2.75, 3.05) is 12.8 Å². The largest absolute Gasteiger partial charge is 0.397 e. The van der Waals surface area contributed by atoms with Crippen LogP contribution in [0.5, 0.6) is 0 Å².